The van der Waals surface area contributed by atoms with Crippen molar-refractivity contribution < 1.29 is 5.11 Å². The zero-order valence-corrected chi connectivity index (χ0v) is 18.7. The summed E-state index contributed by atoms with van der Waals surface area (Å²) in [6.45, 7) is 2.25. The van der Waals surface area contributed by atoms with E-state index in [0.717, 1.165) is 18.4 Å². The van der Waals surface area contributed by atoms with Crippen molar-refractivity contribution in [2.24, 2.45) is 0 Å². The zero-order valence-electron chi connectivity index (χ0n) is 18.7. The van der Waals surface area contributed by atoms with E-state index in [1.165, 1.54) is 40.6 Å². The van der Waals surface area contributed by atoms with Gasteiger partial charge in [-0.15, -0.1) is 0 Å². The summed E-state index contributed by atoms with van der Waals surface area (Å²) in [5.74, 6) is 0.239. The van der Waals surface area contributed by atoms with Gasteiger partial charge in [0.25, 0.3) is 0 Å². The molecule has 4 aromatic rings. The molecule has 0 spiro atoms. The molecule has 32 heavy (non-hydrogen) atoms. The average molecular weight is 425 g/mol. The van der Waals surface area contributed by atoms with Crippen LogP contribution in [0.1, 0.15) is 73.1 Å². The first-order chi connectivity index (χ1) is 15.8. The van der Waals surface area contributed by atoms with Crippen molar-refractivity contribution in [3.8, 4) is 0 Å². The smallest absolute Gasteiger partial charge is 0.0949 e. The van der Waals surface area contributed by atoms with Crippen molar-refractivity contribution in [3.05, 3.63) is 107 Å². The lowest BCUT2D eigenvalue weighted by atomic mass is 9.76. The summed E-state index contributed by atoms with van der Waals surface area (Å²) in [6.07, 6.45) is 4.06. The van der Waals surface area contributed by atoms with Crippen LogP contribution in [0.4, 0.5) is 0 Å². The number of nitrogens with one attached hydrogen (secondary N) is 2. The van der Waals surface area contributed by atoms with Crippen LogP contribution in [0.5, 0.6) is 0 Å². The molecule has 3 N–H and O–H groups in total. The van der Waals surface area contributed by atoms with Crippen LogP contribution in [-0.4, -0.2) is 16.1 Å². The summed E-state index contributed by atoms with van der Waals surface area (Å²) in [7, 11) is 0. The highest BCUT2D eigenvalue weighted by molar-refractivity contribution is 5.86. The Kier molecular flexibility index (Phi) is 6.11. The second kappa shape index (κ2) is 9.32. The van der Waals surface area contributed by atoms with Gasteiger partial charge in [0.1, 0.15) is 0 Å². The molecule has 3 nitrogen and oxygen atoms in total. The molecule has 1 aliphatic heterocycles. The SMILES string of the molecule is CCCCC[C@@H]1c2c([nH]c3ccccc23)[C@H](c2ccccc2)N[C@@H]1[C@@H](O)c1ccccc1. The van der Waals surface area contributed by atoms with Crippen molar-refractivity contribution in [2.45, 2.75) is 56.7 Å². The summed E-state index contributed by atoms with van der Waals surface area (Å²) in [4.78, 5) is 3.74. The molecule has 3 aromatic carbocycles. The minimum Gasteiger partial charge on any atom is -0.387 e. The van der Waals surface area contributed by atoms with Crippen LogP contribution in [0.25, 0.3) is 10.9 Å². The number of aromatic nitrogens is 1. The van der Waals surface area contributed by atoms with E-state index in [2.05, 4.69) is 71.8 Å². The maximum absolute atomic E-state index is 11.6. The van der Waals surface area contributed by atoms with Gasteiger partial charge in [0.2, 0.25) is 0 Å². The van der Waals surface area contributed by atoms with Gasteiger partial charge in [-0.3, -0.25) is 5.32 Å². The van der Waals surface area contributed by atoms with Crippen molar-refractivity contribution in [1.29, 1.82) is 0 Å². The average Bonchev–Trinajstić information content (AvgIpc) is 3.24. The van der Waals surface area contributed by atoms with E-state index in [-0.39, 0.29) is 18.0 Å². The van der Waals surface area contributed by atoms with E-state index in [0.29, 0.717) is 0 Å². The molecule has 1 aromatic heterocycles. The molecule has 2 heterocycles. The van der Waals surface area contributed by atoms with E-state index in [4.69, 9.17) is 0 Å². The lowest BCUT2D eigenvalue weighted by molar-refractivity contribution is 0.101. The molecule has 0 radical (unpaired) electrons. The van der Waals surface area contributed by atoms with Crippen molar-refractivity contribution in [1.82, 2.24) is 10.3 Å². The van der Waals surface area contributed by atoms with Crippen LogP contribution in [0, 0.1) is 0 Å². The third kappa shape index (κ3) is 3.87. The van der Waals surface area contributed by atoms with Crippen molar-refractivity contribution >= 4 is 10.9 Å². The Morgan fingerprint density at radius 1 is 0.844 bits per heavy atom. The molecule has 3 heteroatoms. The highest BCUT2D eigenvalue weighted by atomic mass is 16.3. The number of benzene rings is 3. The molecular formula is C29H32N2O. The Balaban J connectivity index is 1.66. The Morgan fingerprint density at radius 2 is 1.53 bits per heavy atom. The monoisotopic (exact) mass is 424 g/mol. The lowest BCUT2D eigenvalue weighted by Gasteiger charge is -2.41. The Labute approximate surface area is 190 Å². The quantitative estimate of drug-likeness (QED) is 0.292. The maximum Gasteiger partial charge on any atom is 0.0949 e. The fourth-order valence-electron chi connectivity index (χ4n) is 5.40. The molecule has 0 saturated carbocycles. The third-order valence-electron chi connectivity index (χ3n) is 6.96. The topological polar surface area (TPSA) is 48.0 Å². The van der Waals surface area contributed by atoms with E-state index >= 15 is 0 Å². The maximum atomic E-state index is 11.6. The standard InChI is InChI=1S/C29H32N2O/c1-2-3-6-18-23-25-22-17-11-12-19-24(22)30-28(25)26(20-13-7-4-8-14-20)31-27(23)29(32)21-15-9-5-10-16-21/h4-5,7-17,19,23,26-27,29-32H,2-3,6,18H2,1H3/t23-,26+,27+,29+/m1/s1. The van der Waals surface area contributed by atoms with Gasteiger partial charge in [0.15, 0.2) is 0 Å². The number of rotatable bonds is 7. The van der Waals surface area contributed by atoms with Gasteiger partial charge >= 0.3 is 0 Å². The van der Waals surface area contributed by atoms with E-state index < -0.39 is 6.10 Å². The minimum atomic E-state index is -0.573. The predicted molar refractivity (Wildman–Crippen MR) is 132 cm³/mol. The Hall–Kier alpha value is -2.88. The molecule has 0 aliphatic carbocycles. The number of fused-ring (bicyclic) bond motifs is 3. The van der Waals surface area contributed by atoms with Gasteiger partial charge in [-0.25, -0.2) is 0 Å². The number of hydrogen-bond donors (Lipinski definition) is 3. The van der Waals surface area contributed by atoms with Crippen LogP contribution >= 0.6 is 0 Å². The molecule has 0 bridgehead atoms. The normalized spacial score (nSPS) is 21.4. The molecule has 164 valence electrons. The first kappa shape index (κ1) is 21.0. The van der Waals surface area contributed by atoms with Crippen LogP contribution < -0.4 is 5.32 Å². The summed E-state index contributed by atoms with van der Waals surface area (Å²) < 4.78 is 0. The molecule has 1 aliphatic rings. The molecular weight excluding hydrogens is 392 g/mol. The summed E-state index contributed by atoms with van der Waals surface area (Å²) in [5, 5.41) is 16.8. The molecule has 0 unspecified atom stereocenters. The molecule has 0 saturated heterocycles. The third-order valence-corrected chi connectivity index (χ3v) is 6.96. The summed E-state index contributed by atoms with van der Waals surface area (Å²) >= 11 is 0. The number of aromatic amines is 1. The molecule has 5 rings (SSSR count). The van der Waals surface area contributed by atoms with Gasteiger partial charge in [0.05, 0.1) is 12.1 Å². The van der Waals surface area contributed by atoms with Gasteiger partial charge in [-0.1, -0.05) is 105 Å². The number of hydrogen-bond acceptors (Lipinski definition) is 2. The van der Waals surface area contributed by atoms with Crippen molar-refractivity contribution in [3.63, 3.8) is 0 Å². The first-order valence-electron chi connectivity index (χ1n) is 11.9. The molecule has 4 atom stereocenters. The number of aliphatic hydroxyl groups excluding tert-OH is 1. The van der Waals surface area contributed by atoms with Crippen LogP contribution in [0.15, 0.2) is 84.9 Å². The van der Waals surface area contributed by atoms with Crippen LogP contribution in [0.2, 0.25) is 0 Å². The van der Waals surface area contributed by atoms with Gasteiger partial charge in [0, 0.05) is 28.6 Å². The van der Waals surface area contributed by atoms with Gasteiger partial charge < -0.3 is 10.1 Å². The van der Waals surface area contributed by atoms with Crippen LogP contribution in [0.3, 0.4) is 0 Å². The fraction of sp³-hybridized carbons (Fsp3) is 0.310. The van der Waals surface area contributed by atoms with Crippen LogP contribution in [-0.2, 0) is 0 Å². The Morgan fingerprint density at radius 3 is 2.28 bits per heavy atom. The van der Waals surface area contributed by atoms with Gasteiger partial charge in [-0.2, -0.15) is 0 Å². The van der Waals surface area contributed by atoms with Crippen molar-refractivity contribution in [2.75, 3.05) is 0 Å². The summed E-state index contributed by atoms with van der Waals surface area (Å²) in [6, 6.07) is 29.3. The Bertz CT molecular complexity index is 1150. The van der Waals surface area contributed by atoms with E-state index in [9.17, 15) is 5.11 Å². The van der Waals surface area contributed by atoms with E-state index in [1.54, 1.807) is 0 Å². The molecule has 0 amide bonds. The number of unbranched alkanes of at least 4 members (excludes halogenated alkanes) is 2. The largest absolute Gasteiger partial charge is 0.387 e. The second-order valence-corrected chi connectivity index (χ2v) is 8.99. The number of para-hydroxylation sites is 1. The zero-order chi connectivity index (χ0) is 21.9. The highest BCUT2D eigenvalue weighted by Crippen LogP contribution is 2.46. The first-order valence-corrected chi connectivity index (χ1v) is 11.9. The second-order valence-electron chi connectivity index (χ2n) is 8.99. The fourth-order valence-corrected chi connectivity index (χ4v) is 5.40. The van der Waals surface area contributed by atoms with E-state index in [1.807, 2.05) is 30.3 Å². The highest BCUT2D eigenvalue weighted by Gasteiger charge is 2.41. The summed E-state index contributed by atoms with van der Waals surface area (Å²) in [5.41, 5.74) is 5.99. The minimum absolute atomic E-state index is 0.0180. The molecule has 0 fully saturated rings. The lowest BCUT2D eigenvalue weighted by Crippen LogP contribution is -2.46. The number of aliphatic hydroxyl groups is 1. The van der Waals surface area contributed by atoms with Gasteiger partial charge in [-0.05, 0) is 29.2 Å². The predicted octanol–water partition coefficient (Wildman–Crippen LogP) is 6.63. The number of H-pyrrole nitrogens is 1.